The Morgan fingerprint density at radius 3 is 2.33 bits per heavy atom. The normalized spacial score (nSPS) is 45.4. The van der Waals surface area contributed by atoms with Gasteiger partial charge in [-0.3, -0.25) is 9.59 Å². The summed E-state index contributed by atoms with van der Waals surface area (Å²) < 4.78 is 0. The molecule has 5 aliphatic rings. The standard InChI is InChI=1S/C39H52O3/c1-25-18-21-39(34(41)42)23-22-37(6)29(32(39)26(25)2)16-17-31-36(5)24-28(15-11-14-27-12-9-8-10-13-27)33(40)35(3,4)30(36)19-20-38(31,37)7/h8-16,25-26,30-32H,17-24H2,1-7H3,(H,41,42)/b14-11+,28-15+/t25-,26+,30+,31-,32+,36+,37-,38-,39+/m1/s1. The summed E-state index contributed by atoms with van der Waals surface area (Å²) in [6.07, 6.45) is 16.4. The number of hydrogen-bond donors (Lipinski definition) is 1. The van der Waals surface area contributed by atoms with Gasteiger partial charge in [-0.2, -0.15) is 0 Å². The van der Waals surface area contributed by atoms with Crippen LogP contribution in [0, 0.1) is 56.7 Å². The summed E-state index contributed by atoms with van der Waals surface area (Å²) in [5.41, 5.74) is 2.66. The summed E-state index contributed by atoms with van der Waals surface area (Å²) in [5, 5.41) is 10.7. The Hall–Kier alpha value is -2.42. The zero-order valence-corrected chi connectivity index (χ0v) is 27.0. The second-order valence-corrected chi connectivity index (χ2v) is 16.3. The lowest BCUT2D eigenvalue weighted by Crippen LogP contribution is -2.65. The topological polar surface area (TPSA) is 54.4 Å². The summed E-state index contributed by atoms with van der Waals surface area (Å²) >= 11 is 0. The molecule has 0 bridgehead atoms. The fourth-order valence-electron chi connectivity index (χ4n) is 11.7. The quantitative estimate of drug-likeness (QED) is 0.292. The van der Waals surface area contributed by atoms with Crippen LogP contribution in [0.3, 0.4) is 0 Å². The first-order chi connectivity index (χ1) is 19.7. The average Bonchev–Trinajstić information content (AvgIpc) is 2.94. The van der Waals surface area contributed by atoms with Gasteiger partial charge in [-0.05, 0) is 108 Å². The van der Waals surface area contributed by atoms with E-state index in [0.717, 1.165) is 62.5 Å². The van der Waals surface area contributed by atoms with E-state index in [-0.39, 0.29) is 22.2 Å². The number of allylic oxidation sites excluding steroid dienone is 5. The average molecular weight is 569 g/mol. The van der Waals surface area contributed by atoms with Gasteiger partial charge in [0.1, 0.15) is 0 Å². The number of carboxylic acid groups (broad SMARTS) is 1. The van der Waals surface area contributed by atoms with Gasteiger partial charge in [0.25, 0.3) is 0 Å². The van der Waals surface area contributed by atoms with E-state index in [2.05, 4.69) is 84.9 Å². The first kappa shape index (κ1) is 29.6. The molecule has 4 fully saturated rings. The van der Waals surface area contributed by atoms with Crippen LogP contribution in [0.15, 0.2) is 59.7 Å². The first-order valence-electron chi connectivity index (χ1n) is 16.6. The minimum atomic E-state index is -0.609. The van der Waals surface area contributed by atoms with E-state index in [1.165, 1.54) is 5.57 Å². The van der Waals surface area contributed by atoms with Crippen molar-refractivity contribution in [1.29, 1.82) is 0 Å². The minimum Gasteiger partial charge on any atom is -0.481 e. The Labute approximate surface area is 253 Å². The molecule has 0 unspecified atom stereocenters. The molecular formula is C39H52O3. The third kappa shape index (κ3) is 3.90. The largest absolute Gasteiger partial charge is 0.481 e. The Balaban J connectivity index is 1.41. The fourth-order valence-corrected chi connectivity index (χ4v) is 11.7. The van der Waals surface area contributed by atoms with E-state index in [4.69, 9.17) is 0 Å². The lowest BCUT2D eigenvalue weighted by Gasteiger charge is -2.70. The van der Waals surface area contributed by atoms with E-state index in [9.17, 15) is 14.7 Å². The molecule has 4 saturated carbocycles. The lowest BCUT2D eigenvalue weighted by atomic mass is 9.33. The molecule has 0 saturated heterocycles. The first-order valence-corrected chi connectivity index (χ1v) is 16.6. The van der Waals surface area contributed by atoms with Gasteiger partial charge in [0.05, 0.1) is 5.41 Å². The molecule has 6 rings (SSSR count). The summed E-state index contributed by atoms with van der Waals surface area (Å²) in [7, 11) is 0. The smallest absolute Gasteiger partial charge is 0.310 e. The van der Waals surface area contributed by atoms with Crippen molar-refractivity contribution >= 4 is 17.8 Å². The van der Waals surface area contributed by atoms with E-state index < -0.39 is 16.8 Å². The molecule has 1 N–H and O–H groups in total. The second kappa shape index (κ2) is 9.80. The Kier molecular flexibility index (Phi) is 6.91. The molecule has 0 heterocycles. The van der Waals surface area contributed by atoms with Crippen molar-refractivity contribution in [2.75, 3.05) is 0 Å². The number of rotatable bonds is 3. The van der Waals surface area contributed by atoms with E-state index in [1.54, 1.807) is 0 Å². The molecule has 1 aromatic rings. The van der Waals surface area contributed by atoms with Crippen molar-refractivity contribution in [3.8, 4) is 0 Å². The van der Waals surface area contributed by atoms with Crippen molar-refractivity contribution in [2.24, 2.45) is 56.7 Å². The third-order valence-corrected chi connectivity index (χ3v) is 14.4. The molecule has 42 heavy (non-hydrogen) atoms. The van der Waals surface area contributed by atoms with E-state index in [1.807, 2.05) is 18.2 Å². The Morgan fingerprint density at radius 1 is 0.929 bits per heavy atom. The fraction of sp³-hybridized carbons (Fsp3) is 0.641. The summed E-state index contributed by atoms with van der Waals surface area (Å²) in [6.45, 7) is 16.6. The van der Waals surface area contributed by atoms with Crippen molar-refractivity contribution in [3.05, 3.63) is 65.3 Å². The van der Waals surface area contributed by atoms with Crippen LogP contribution in [0.5, 0.6) is 0 Å². The number of fused-ring (bicyclic) bond motifs is 7. The number of hydrogen-bond acceptors (Lipinski definition) is 2. The minimum absolute atomic E-state index is 0.00861. The second-order valence-electron chi connectivity index (χ2n) is 16.3. The van der Waals surface area contributed by atoms with Crippen LogP contribution < -0.4 is 0 Å². The monoisotopic (exact) mass is 568 g/mol. The van der Waals surface area contributed by atoms with Crippen molar-refractivity contribution in [1.82, 2.24) is 0 Å². The predicted molar refractivity (Wildman–Crippen MR) is 171 cm³/mol. The van der Waals surface area contributed by atoms with Gasteiger partial charge >= 0.3 is 5.97 Å². The van der Waals surface area contributed by atoms with Crippen LogP contribution in [-0.4, -0.2) is 16.9 Å². The maximum absolute atomic E-state index is 14.0. The molecule has 9 atom stereocenters. The summed E-state index contributed by atoms with van der Waals surface area (Å²) in [6, 6.07) is 10.3. The zero-order chi connectivity index (χ0) is 30.3. The lowest BCUT2D eigenvalue weighted by molar-refractivity contribution is -0.186. The molecule has 3 heteroatoms. The highest BCUT2D eigenvalue weighted by Gasteiger charge is 2.70. The van der Waals surface area contributed by atoms with Gasteiger partial charge in [0, 0.05) is 5.41 Å². The SMILES string of the molecule is C[C@H]1[C@H](C)CC[C@]2(C(=O)O)CC[C@]3(C)C(=CC[C@@H]4[C@@]5(C)C/C(=C\C=C\c6ccccc6)C(=O)C(C)(C)[C@@H]5CC[C@]43C)[C@H]12. The molecule has 0 aromatic heterocycles. The van der Waals surface area contributed by atoms with Crippen LogP contribution in [0.2, 0.25) is 0 Å². The van der Waals surface area contributed by atoms with Crippen molar-refractivity contribution in [2.45, 2.75) is 99.8 Å². The molecule has 3 nitrogen and oxygen atoms in total. The van der Waals surface area contributed by atoms with Gasteiger partial charge in [0.15, 0.2) is 5.78 Å². The van der Waals surface area contributed by atoms with Crippen LogP contribution in [0.25, 0.3) is 6.08 Å². The molecule has 1 aromatic carbocycles. The Bertz CT molecular complexity index is 1360. The molecular weight excluding hydrogens is 516 g/mol. The number of Topliss-reactive ketones (excluding diaryl/α,β-unsaturated/α-hetero) is 1. The number of carbonyl (C=O) groups is 2. The third-order valence-electron chi connectivity index (χ3n) is 14.4. The van der Waals surface area contributed by atoms with Gasteiger partial charge in [-0.1, -0.05) is 109 Å². The highest BCUT2D eigenvalue weighted by atomic mass is 16.4. The number of aliphatic carboxylic acids is 1. The molecule has 0 spiro atoms. The van der Waals surface area contributed by atoms with Gasteiger partial charge < -0.3 is 5.11 Å². The maximum Gasteiger partial charge on any atom is 0.310 e. The van der Waals surface area contributed by atoms with Gasteiger partial charge in [-0.25, -0.2) is 0 Å². The van der Waals surface area contributed by atoms with Crippen LogP contribution in [0.1, 0.15) is 105 Å². The molecule has 5 aliphatic carbocycles. The van der Waals surface area contributed by atoms with Gasteiger partial charge in [0.2, 0.25) is 0 Å². The van der Waals surface area contributed by atoms with Crippen molar-refractivity contribution < 1.29 is 14.7 Å². The van der Waals surface area contributed by atoms with Crippen LogP contribution in [-0.2, 0) is 9.59 Å². The van der Waals surface area contributed by atoms with Crippen molar-refractivity contribution in [3.63, 3.8) is 0 Å². The maximum atomic E-state index is 14.0. The van der Waals surface area contributed by atoms with Crippen LogP contribution >= 0.6 is 0 Å². The molecule has 226 valence electrons. The molecule has 0 amide bonds. The highest BCUT2D eigenvalue weighted by molar-refractivity contribution is 6.01. The number of ketones is 1. The van der Waals surface area contributed by atoms with Crippen LogP contribution in [0.4, 0.5) is 0 Å². The van der Waals surface area contributed by atoms with E-state index in [0.29, 0.717) is 29.5 Å². The molecule has 0 aliphatic heterocycles. The highest BCUT2D eigenvalue weighted by Crippen LogP contribution is 2.75. The summed E-state index contributed by atoms with van der Waals surface area (Å²) in [4.78, 5) is 27.0. The number of benzene rings is 1. The number of carbonyl (C=O) groups excluding carboxylic acids is 1. The summed E-state index contributed by atoms with van der Waals surface area (Å²) in [5.74, 6) is 1.61. The predicted octanol–water partition coefficient (Wildman–Crippen LogP) is 9.55. The molecule has 0 radical (unpaired) electrons. The van der Waals surface area contributed by atoms with Gasteiger partial charge in [-0.15, -0.1) is 0 Å². The van der Waals surface area contributed by atoms with E-state index >= 15 is 0 Å². The zero-order valence-electron chi connectivity index (χ0n) is 27.0. The Morgan fingerprint density at radius 2 is 1.64 bits per heavy atom. The number of carboxylic acids is 1.